The molecule has 0 bridgehead atoms. The Morgan fingerprint density at radius 3 is 1.79 bits per heavy atom. The highest BCUT2D eigenvalue weighted by molar-refractivity contribution is 5.85. The van der Waals surface area contributed by atoms with Crippen molar-refractivity contribution in [3.63, 3.8) is 0 Å². The predicted molar refractivity (Wildman–Crippen MR) is 111 cm³/mol. The van der Waals surface area contributed by atoms with E-state index in [4.69, 9.17) is 18.9 Å². The summed E-state index contributed by atoms with van der Waals surface area (Å²) in [6.07, 6.45) is 5.63. The van der Waals surface area contributed by atoms with Crippen LogP contribution in [-0.2, 0) is 28.5 Å². The molecule has 0 aromatic rings. The van der Waals surface area contributed by atoms with E-state index in [1.54, 1.807) is 0 Å². The Balaban J connectivity index is 5.20. The number of rotatable bonds is 21. The second kappa shape index (κ2) is 19.5. The second-order valence-electron chi connectivity index (χ2n) is 7.03. The standard InChI is InChI=1S/C22H42O6/c1-5-9-13-25-18-19(24)21(27-15-11-7-3)22(28-16-12-8-4)20(17-23)26-14-10-6-2/h17,20-22H,5-16,18H2,1-4H3. The first-order valence-electron chi connectivity index (χ1n) is 11.1. The first kappa shape index (κ1) is 27.2. The van der Waals surface area contributed by atoms with E-state index in [0.29, 0.717) is 26.4 Å². The quantitative estimate of drug-likeness (QED) is 0.212. The van der Waals surface area contributed by atoms with Crippen LogP contribution in [0.5, 0.6) is 0 Å². The molecular weight excluding hydrogens is 360 g/mol. The van der Waals surface area contributed by atoms with E-state index in [0.717, 1.165) is 57.7 Å². The van der Waals surface area contributed by atoms with Crippen LogP contribution >= 0.6 is 0 Å². The van der Waals surface area contributed by atoms with Crippen LogP contribution in [0.2, 0.25) is 0 Å². The van der Waals surface area contributed by atoms with E-state index < -0.39 is 18.3 Å². The summed E-state index contributed by atoms with van der Waals surface area (Å²) in [5.41, 5.74) is 0. The molecule has 3 atom stereocenters. The molecule has 28 heavy (non-hydrogen) atoms. The van der Waals surface area contributed by atoms with Gasteiger partial charge in [-0.2, -0.15) is 0 Å². The maximum absolute atomic E-state index is 12.8. The van der Waals surface area contributed by atoms with E-state index in [9.17, 15) is 9.59 Å². The van der Waals surface area contributed by atoms with Crippen molar-refractivity contribution in [2.24, 2.45) is 0 Å². The Bertz CT molecular complexity index is 374. The Kier molecular flexibility index (Phi) is 18.9. The Hall–Kier alpha value is -0.820. The number of ketones is 1. The Labute approximate surface area is 171 Å². The molecule has 0 saturated heterocycles. The topological polar surface area (TPSA) is 71.1 Å². The molecule has 0 aromatic heterocycles. The van der Waals surface area contributed by atoms with Crippen LogP contribution in [0.4, 0.5) is 0 Å². The third kappa shape index (κ3) is 12.6. The van der Waals surface area contributed by atoms with Crippen molar-refractivity contribution in [1.82, 2.24) is 0 Å². The van der Waals surface area contributed by atoms with Gasteiger partial charge in [0.05, 0.1) is 0 Å². The molecule has 3 unspecified atom stereocenters. The lowest BCUT2D eigenvalue weighted by atomic mass is 10.0. The maximum atomic E-state index is 12.8. The van der Waals surface area contributed by atoms with Crippen LogP contribution in [-0.4, -0.2) is 63.4 Å². The smallest absolute Gasteiger partial charge is 0.189 e. The summed E-state index contributed by atoms with van der Waals surface area (Å²) >= 11 is 0. The number of carbonyl (C=O) groups is 2. The highest BCUT2D eigenvalue weighted by Gasteiger charge is 2.36. The van der Waals surface area contributed by atoms with Crippen molar-refractivity contribution >= 4 is 12.1 Å². The number of carbonyl (C=O) groups excluding carboxylic acids is 2. The second-order valence-corrected chi connectivity index (χ2v) is 7.03. The van der Waals surface area contributed by atoms with Crippen LogP contribution < -0.4 is 0 Å². The third-order valence-electron chi connectivity index (χ3n) is 4.37. The van der Waals surface area contributed by atoms with Crippen molar-refractivity contribution in [2.45, 2.75) is 97.4 Å². The van der Waals surface area contributed by atoms with Crippen molar-refractivity contribution in [2.75, 3.05) is 33.0 Å². The van der Waals surface area contributed by atoms with Gasteiger partial charge < -0.3 is 23.7 Å². The van der Waals surface area contributed by atoms with Gasteiger partial charge in [-0.15, -0.1) is 0 Å². The minimum absolute atomic E-state index is 0.0367. The average Bonchev–Trinajstić information content (AvgIpc) is 2.70. The number of unbranched alkanes of at least 4 members (excludes halogenated alkanes) is 4. The molecule has 0 amide bonds. The average molecular weight is 403 g/mol. The number of hydrogen-bond donors (Lipinski definition) is 0. The van der Waals surface area contributed by atoms with Gasteiger partial charge in [-0.3, -0.25) is 4.79 Å². The highest BCUT2D eigenvalue weighted by Crippen LogP contribution is 2.15. The molecule has 0 rings (SSSR count). The van der Waals surface area contributed by atoms with E-state index in [-0.39, 0.29) is 12.4 Å². The molecular formula is C22H42O6. The summed E-state index contributed by atoms with van der Waals surface area (Å²) in [5, 5.41) is 0. The molecule has 0 N–H and O–H groups in total. The van der Waals surface area contributed by atoms with Gasteiger partial charge in [-0.05, 0) is 25.7 Å². The highest BCUT2D eigenvalue weighted by atomic mass is 16.6. The zero-order valence-corrected chi connectivity index (χ0v) is 18.5. The van der Waals surface area contributed by atoms with Crippen molar-refractivity contribution in [3.8, 4) is 0 Å². The third-order valence-corrected chi connectivity index (χ3v) is 4.37. The molecule has 0 aliphatic rings. The lowest BCUT2D eigenvalue weighted by Crippen LogP contribution is -2.49. The first-order valence-corrected chi connectivity index (χ1v) is 11.1. The summed E-state index contributed by atoms with van der Waals surface area (Å²) in [4.78, 5) is 24.6. The zero-order chi connectivity index (χ0) is 21.0. The van der Waals surface area contributed by atoms with Crippen LogP contribution in [0.1, 0.15) is 79.1 Å². The summed E-state index contributed by atoms with van der Waals surface area (Å²) in [6, 6.07) is 0. The molecule has 0 aliphatic heterocycles. The molecule has 6 heteroatoms. The number of Topliss-reactive ketones (excluding diaryl/α,β-unsaturated/α-hetero) is 1. The SMILES string of the molecule is CCCCOCC(=O)C(OCCCC)C(OCCCC)C(C=O)OCCCC. The van der Waals surface area contributed by atoms with Crippen LogP contribution in [0, 0.1) is 0 Å². The van der Waals surface area contributed by atoms with Gasteiger partial charge in [0.25, 0.3) is 0 Å². The largest absolute Gasteiger partial charge is 0.374 e. The first-order chi connectivity index (χ1) is 13.7. The van der Waals surface area contributed by atoms with Gasteiger partial charge in [-0.1, -0.05) is 53.4 Å². The van der Waals surface area contributed by atoms with Gasteiger partial charge in [0.1, 0.15) is 24.9 Å². The normalized spacial score (nSPS) is 14.6. The molecule has 0 heterocycles. The van der Waals surface area contributed by atoms with Crippen molar-refractivity contribution in [3.05, 3.63) is 0 Å². The fourth-order valence-electron chi connectivity index (χ4n) is 2.52. The fourth-order valence-corrected chi connectivity index (χ4v) is 2.52. The summed E-state index contributed by atoms with van der Waals surface area (Å²) in [7, 11) is 0. The summed E-state index contributed by atoms with van der Waals surface area (Å²) in [6.45, 7) is 10.1. The molecule has 6 nitrogen and oxygen atoms in total. The van der Waals surface area contributed by atoms with Crippen molar-refractivity contribution in [1.29, 1.82) is 0 Å². The maximum Gasteiger partial charge on any atom is 0.189 e. The van der Waals surface area contributed by atoms with Crippen LogP contribution in [0.25, 0.3) is 0 Å². The van der Waals surface area contributed by atoms with Crippen LogP contribution in [0.15, 0.2) is 0 Å². The molecule has 0 aromatic carbocycles. The number of ether oxygens (including phenoxy) is 4. The summed E-state index contributed by atoms with van der Waals surface area (Å²) in [5.74, 6) is -0.195. The Morgan fingerprint density at radius 1 is 0.750 bits per heavy atom. The lowest BCUT2D eigenvalue weighted by molar-refractivity contribution is -0.165. The minimum Gasteiger partial charge on any atom is -0.374 e. The summed E-state index contributed by atoms with van der Waals surface area (Å²) < 4.78 is 23.1. The molecule has 0 saturated carbocycles. The molecule has 0 spiro atoms. The van der Waals surface area contributed by atoms with E-state index in [2.05, 4.69) is 27.7 Å². The monoisotopic (exact) mass is 402 g/mol. The van der Waals surface area contributed by atoms with E-state index in [1.807, 2.05) is 0 Å². The Morgan fingerprint density at radius 2 is 1.25 bits per heavy atom. The van der Waals surface area contributed by atoms with Gasteiger partial charge in [0.2, 0.25) is 0 Å². The van der Waals surface area contributed by atoms with Gasteiger partial charge in [-0.25, -0.2) is 0 Å². The number of hydrogen-bond acceptors (Lipinski definition) is 6. The molecule has 0 fully saturated rings. The number of aldehydes is 1. The van der Waals surface area contributed by atoms with E-state index in [1.165, 1.54) is 0 Å². The molecule has 0 radical (unpaired) electrons. The van der Waals surface area contributed by atoms with E-state index >= 15 is 0 Å². The molecule has 0 aliphatic carbocycles. The fraction of sp³-hybridized carbons (Fsp3) is 0.909. The van der Waals surface area contributed by atoms with Gasteiger partial charge >= 0.3 is 0 Å². The molecule has 166 valence electrons. The van der Waals surface area contributed by atoms with Crippen molar-refractivity contribution < 1.29 is 28.5 Å². The zero-order valence-electron chi connectivity index (χ0n) is 18.5. The lowest BCUT2D eigenvalue weighted by Gasteiger charge is -2.30. The van der Waals surface area contributed by atoms with Crippen LogP contribution in [0.3, 0.4) is 0 Å². The predicted octanol–water partition coefficient (Wildman–Crippen LogP) is 4.13. The minimum atomic E-state index is -0.859. The van der Waals surface area contributed by atoms with Gasteiger partial charge in [0, 0.05) is 26.4 Å². The van der Waals surface area contributed by atoms with Gasteiger partial charge in [0.15, 0.2) is 12.1 Å².